The molecule has 0 radical (unpaired) electrons. The summed E-state index contributed by atoms with van der Waals surface area (Å²) in [5, 5.41) is 9.19. The van der Waals surface area contributed by atoms with Gasteiger partial charge in [0.1, 0.15) is 5.75 Å². The summed E-state index contributed by atoms with van der Waals surface area (Å²) in [5.74, 6) is -0.941. The number of allylic oxidation sites excluding steroid dienone is 2. The number of rotatable bonds is 9. The molecule has 1 aromatic heterocycles. The Kier molecular flexibility index (Phi) is 8.48. The van der Waals surface area contributed by atoms with Crippen molar-refractivity contribution in [2.24, 2.45) is 0 Å². The highest BCUT2D eigenvalue weighted by atomic mass is 32.1. The molecule has 0 atom stereocenters. The summed E-state index contributed by atoms with van der Waals surface area (Å²) in [6.45, 7) is 7.55. The van der Waals surface area contributed by atoms with E-state index in [2.05, 4.69) is 10.6 Å². The van der Waals surface area contributed by atoms with Gasteiger partial charge in [-0.1, -0.05) is 30.3 Å². The molecule has 0 saturated heterocycles. The molecule has 38 heavy (non-hydrogen) atoms. The SMILES string of the molecule is CCOC(=O)C1=C(C)NC(C)=C(C(=O)OCC)C1c1ccccc1Nc1nc(-c2ccccc2OC)cs1. The average molecular weight is 534 g/mol. The lowest BCUT2D eigenvalue weighted by Crippen LogP contribution is -2.32. The highest BCUT2D eigenvalue weighted by molar-refractivity contribution is 7.14. The fourth-order valence-corrected chi connectivity index (χ4v) is 5.28. The van der Waals surface area contributed by atoms with Crippen molar-refractivity contribution in [1.29, 1.82) is 0 Å². The van der Waals surface area contributed by atoms with Crippen molar-refractivity contribution in [2.75, 3.05) is 25.6 Å². The standard InChI is InChI=1S/C29H31N3O5S/c1-6-36-27(33)24-17(3)30-18(4)25(28(34)37-7-2)26(24)20-13-8-10-14-21(20)31-29-32-22(16-38-29)19-12-9-11-15-23(19)35-5/h8-16,26,30H,6-7H2,1-5H3,(H,31,32). The Bertz CT molecular complexity index is 1370. The van der Waals surface area contributed by atoms with Crippen LogP contribution in [0.3, 0.4) is 0 Å². The number of esters is 2. The van der Waals surface area contributed by atoms with Crippen molar-refractivity contribution in [3.63, 3.8) is 0 Å². The minimum atomic E-state index is -0.702. The number of dihydropyridines is 1. The third-order valence-electron chi connectivity index (χ3n) is 6.15. The van der Waals surface area contributed by atoms with E-state index in [0.29, 0.717) is 33.4 Å². The Hall–Kier alpha value is -4.11. The summed E-state index contributed by atoms with van der Waals surface area (Å²) in [6.07, 6.45) is 0. The van der Waals surface area contributed by atoms with Crippen LogP contribution in [0.15, 0.2) is 76.5 Å². The van der Waals surface area contributed by atoms with Crippen LogP contribution in [0.2, 0.25) is 0 Å². The van der Waals surface area contributed by atoms with E-state index >= 15 is 0 Å². The maximum atomic E-state index is 13.2. The average Bonchev–Trinajstić information content (AvgIpc) is 3.37. The fourth-order valence-electron chi connectivity index (χ4n) is 4.55. The monoisotopic (exact) mass is 533 g/mol. The van der Waals surface area contributed by atoms with E-state index < -0.39 is 17.9 Å². The molecule has 4 rings (SSSR count). The Morgan fingerprint density at radius 2 is 1.55 bits per heavy atom. The topological polar surface area (TPSA) is 98.8 Å². The van der Waals surface area contributed by atoms with Gasteiger partial charge in [0.25, 0.3) is 0 Å². The van der Waals surface area contributed by atoms with Gasteiger partial charge in [0.05, 0.1) is 43.1 Å². The lowest BCUT2D eigenvalue weighted by molar-refractivity contribution is -0.139. The second kappa shape index (κ2) is 12.0. The number of methoxy groups -OCH3 is 1. The molecule has 0 spiro atoms. The molecule has 0 saturated carbocycles. The summed E-state index contributed by atoms with van der Waals surface area (Å²) in [4.78, 5) is 31.1. The highest BCUT2D eigenvalue weighted by Crippen LogP contribution is 2.43. The Morgan fingerprint density at radius 1 is 0.947 bits per heavy atom. The van der Waals surface area contributed by atoms with Crippen molar-refractivity contribution >= 4 is 34.1 Å². The second-order valence-corrected chi connectivity index (χ2v) is 9.38. The first kappa shape index (κ1) is 26.9. The summed E-state index contributed by atoms with van der Waals surface area (Å²) < 4.78 is 16.3. The first-order chi connectivity index (χ1) is 18.4. The van der Waals surface area contributed by atoms with Gasteiger partial charge in [-0.05, 0) is 51.5 Å². The maximum Gasteiger partial charge on any atom is 0.336 e. The number of hydrogen-bond acceptors (Lipinski definition) is 9. The number of aromatic nitrogens is 1. The quantitative estimate of drug-likeness (QED) is 0.327. The lowest BCUT2D eigenvalue weighted by Gasteiger charge is -2.31. The highest BCUT2D eigenvalue weighted by Gasteiger charge is 2.39. The lowest BCUT2D eigenvalue weighted by atomic mass is 9.79. The molecule has 0 fully saturated rings. The van der Waals surface area contributed by atoms with Crippen molar-refractivity contribution in [2.45, 2.75) is 33.6 Å². The Labute approximate surface area is 226 Å². The van der Waals surface area contributed by atoms with Crippen LogP contribution in [0.25, 0.3) is 11.3 Å². The van der Waals surface area contributed by atoms with Crippen LogP contribution in [-0.4, -0.2) is 37.2 Å². The molecule has 9 heteroatoms. The molecule has 0 amide bonds. The maximum absolute atomic E-state index is 13.2. The fraction of sp³-hybridized carbons (Fsp3) is 0.276. The van der Waals surface area contributed by atoms with Crippen LogP contribution in [0.5, 0.6) is 5.75 Å². The van der Waals surface area contributed by atoms with Gasteiger partial charge < -0.3 is 24.8 Å². The van der Waals surface area contributed by atoms with Crippen LogP contribution in [0, 0.1) is 0 Å². The molecular weight excluding hydrogens is 502 g/mol. The summed E-state index contributed by atoms with van der Waals surface area (Å²) >= 11 is 1.45. The third-order valence-corrected chi connectivity index (χ3v) is 6.91. The van der Waals surface area contributed by atoms with Gasteiger partial charge in [-0.25, -0.2) is 14.6 Å². The smallest absolute Gasteiger partial charge is 0.336 e. The van der Waals surface area contributed by atoms with Gasteiger partial charge >= 0.3 is 11.9 Å². The molecular formula is C29H31N3O5S. The number of carbonyl (C=O) groups excluding carboxylic acids is 2. The Morgan fingerprint density at radius 3 is 2.18 bits per heavy atom. The van der Waals surface area contributed by atoms with Gasteiger partial charge in [-0.15, -0.1) is 11.3 Å². The van der Waals surface area contributed by atoms with Crippen LogP contribution < -0.4 is 15.4 Å². The zero-order valence-electron chi connectivity index (χ0n) is 22.1. The molecule has 1 aliphatic rings. The van der Waals surface area contributed by atoms with Crippen LogP contribution in [0.4, 0.5) is 10.8 Å². The van der Waals surface area contributed by atoms with E-state index in [1.54, 1.807) is 34.8 Å². The number of anilines is 2. The van der Waals surface area contributed by atoms with E-state index in [0.717, 1.165) is 22.6 Å². The first-order valence-corrected chi connectivity index (χ1v) is 13.2. The number of para-hydroxylation sites is 2. The number of carbonyl (C=O) groups is 2. The largest absolute Gasteiger partial charge is 0.496 e. The van der Waals surface area contributed by atoms with Crippen molar-refractivity contribution < 1.29 is 23.8 Å². The number of thiazole rings is 1. The van der Waals surface area contributed by atoms with E-state index in [-0.39, 0.29) is 13.2 Å². The molecule has 0 unspecified atom stereocenters. The van der Waals surface area contributed by atoms with Crippen molar-refractivity contribution in [3.8, 4) is 17.0 Å². The molecule has 2 heterocycles. The predicted octanol–water partition coefficient (Wildman–Crippen LogP) is 5.92. The van der Waals surface area contributed by atoms with Gasteiger partial charge in [0.2, 0.25) is 0 Å². The minimum absolute atomic E-state index is 0.213. The second-order valence-electron chi connectivity index (χ2n) is 8.53. The third kappa shape index (κ3) is 5.43. The first-order valence-electron chi connectivity index (χ1n) is 12.4. The number of ether oxygens (including phenoxy) is 3. The molecule has 3 aromatic rings. The summed E-state index contributed by atoms with van der Waals surface area (Å²) in [5.41, 5.74) is 5.09. The van der Waals surface area contributed by atoms with Crippen LogP contribution >= 0.6 is 11.3 Å². The number of benzene rings is 2. The van der Waals surface area contributed by atoms with E-state index in [1.165, 1.54) is 11.3 Å². The zero-order valence-corrected chi connectivity index (χ0v) is 22.9. The molecule has 0 aliphatic carbocycles. The van der Waals surface area contributed by atoms with Crippen molar-refractivity contribution in [3.05, 3.63) is 82.0 Å². The van der Waals surface area contributed by atoms with Gasteiger partial charge in [0, 0.05) is 28.0 Å². The van der Waals surface area contributed by atoms with Gasteiger partial charge in [0.15, 0.2) is 5.13 Å². The summed E-state index contributed by atoms with van der Waals surface area (Å²) in [6, 6.07) is 15.3. The van der Waals surface area contributed by atoms with Gasteiger partial charge in [-0.2, -0.15) is 0 Å². The number of hydrogen-bond donors (Lipinski definition) is 2. The molecule has 2 N–H and O–H groups in total. The van der Waals surface area contributed by atoms with E-state index in [4.69, 9.17) is 19.2 Å². The molecule has 198 valence electrons. The molecule has 1 aliphatic heterocycles. The van der Waals surface area contributed by atoms with Gasteiger partial charge in [-0.3, -0.25) is 0 Å². The normalized spacial score (nSPS) is 13.7. The summed E-state index contributed by atoms with van der Waals surface area (Å²) in [7, 11) is 1.63. The zero-order chi connectivity index (χ0) is 27.2. The molecule has 2 aromatic carbocycles. The van der Waals surface area contributed by atoms with E-state index in [9.17, 15) is 9.59 Å². The number of nitrogens with one attached hydrogen (secondary N) is 2. The van der Waals surface area contributed by atoms with Crippen LogP contribution in [-0.2, 0) is 19.1 Å². The number of nitrogens with zero attached hydrogens (tertiary/aromatic N) is 1. The van der Waals surface area contributed by atoms with E-state index in [1.807, 2.05) is 53.9 Å². The van der Waals surface area contributed by atoms with Crippen LogP contribution in [0.1, 0.15) is 39.2 Å². The molecule has 8 nitrogen and oxygen atoms in total. The Balaban J connectivity index is 1.78. The predicted molar refractivity (Wildman–Crippen MR) is 148 cm³/mol. The molecule has 0 bridgehead atoms. The van der Waals surface area contributed by atoms with Crippen molar-refractivity contribution in [1.82, 2.24) is 10.3 Å². The minimum Gasteiger partial charge on any atom is -0.496 e.